The highest BCUT2D eigenvalue weighted by atomic mass is 15.4. The highest BCUT2D eigenvalue weighted by molar-refractivity contribution is 5.80. The van der Waals surface area contributed by atoms with E-state index in [0.717, 1.165) is 49.5 Å². The molecule has 0 atom stereocenters. The normalized spacial score (nSPS) is 15.5. The highest BCUT2D eigenvalue weighted by Gasteiger charge is 2.20. The molecule has 7 heteroatoms. The van der Waals surface area contributed by atoms with Gasteiger partial charge in [0.1, 0.15) is 0 Å². The van der Waals surface area contributed by atoms with Crippen molar-refractivity contribution < 1.29 is 0 Å². The molecule has 0 amide bonds. The van der Waals surface area contributed by atoms with E-state index in [1.54, 1.807) is 12.4 Å². The Morgan fingerprint density at radius 1 is 1.12 bits per heavy atom. The molecule has 3 heterocycles. The summed E-state index contributed by atoms with van der Waals surface area (Å²) in [5.41, 5.74) is 2.05. The smallest absolute Gasteiger partial charge is 0.225 e. The highest BCUT2D eigenvalue weighted by Crippen LogP contribution is 2.10. The third-order valence-corrected chi connectivity index (χ3v) is 4.00. The predicted octanol–water partition coefficient (Wildman–Crippen LogP) is 1.08. The summed E-state index contributed by atoms with van der Waals surface area (Å²) >= 11 is 0. The van der Waals surface area contributed by atoms with Crippen LogP contribution in [0.2, 0.25) is 0 Å². The average molecular weight is 325 g/mol. The topological polar surface area (TPSA) is 69.5 Å². The Balaban J connectivity index is 1.54. The maximum absolute atomic E-state index is 4.52. The van der Waals surface area contributed by atoms with Gasteiger partial charge in [0.25, 0.3) is 0 Å². The van der Waals surface area contributed by atoms with Crippen LogP contribution in [-0.4, -0.2) is 59.0 Å². The molecule has 1 aliphatic rings. The third kappa shape index (κ3) is 3.98. The molecule has 0 spiro atoms. The average Bonchev–Trinajstić information content (AvgIpc) is 2.64. The van der Waals surface area contributed by atoms with Crippen molar-refractivity contribution in [3.8, 4) is 0 Å². The first-order valence-corrected chi connectivity index (χ1v) is 8.16. The number of nitrogens with one attached hydrogen (secondary N) is 1. The first-order valence-electron chi connectivity index (χ1n) is 8.16. The van der Waals surface area contributed by atoms with Gasteiger partial charge in [-0.05, 0) is 25.1 Å². The van der Waals surface area contributed by atoms with Crippen molar-refractivity contribution in [3.05, 3.63) is 48.0 Å². The number of piperazine rings is 1. The van der Waals surface area contributed by atoms with E-state index in [-0.39, 0.29) is 0 Å². The molecule has 0 bridgehead atoms. The van der Waals surface area contributed by atoms with Crippen LogP contribution in [0.4, 0.5) is 5.95 Å². The van der Waals surface area contributed by atoms with E-state index < -0.39 is 0 Å². The molecular weight excluding hydrogens is 302 g/mol. The van der Waals surface area contributed by atoms with Crippen LogP contribution in [0, 0.1) is 6.92 Å². The number of aromatic nitrogens is 3. The molecule has 0 aliphatic carbocycles. The zero-order valence-electron chi connectivity index (χ0n) is 14.2. The van der Waals surface area contributed by atoms with E-state index in [2.05, 4.69) is 35.1 Å². The molecule has 3 rings (SSSR count). The standard InChI is InChI=1S/C17H23N7/c1-14-5-3-6-15(22-14)13-21-16(18-2)23-9-11-24(12-10-23)17-19-7-4-8-20-17/h3-8H,9-13H2,1-2H3,(H,18,21). The Labute approximate surface area is 142 Å². The van der Waals surface area contributed by atoms with Gasteiger partial charge < -0.3 is 15.1 Å². The maximum atomic E-state index is 4.52. The Bertz CT molecular complexity index is 678. The molecule has 0 saturated carbocycles. The van der Waals surface area contributed by atoms with Gasteiger partial charge in [0.2, 0.25) is 5.95 Å². The summed E-state index contributed by atoms with van der Waals surface area (Å²) in [5.74, 6) is 1.70. The minimum atomic E-state index is 0.677. The number of aryl methyl sites for hydroxylation is 1. The molecule has 1 fully saturated rings. The number of rotatable bonds is 3. The zero-order valence-corrected chi connectivity index (χ0v) is 14.2. The number of anilines is 1. The number of hydrogen-bond acceptors (Lipinski definition) is 5. The van der Waals surface area contributed by atoms with E-state index in [1.807, 2.05) is 38.2 Å². The monoisotopic (exact) mass is 325 g/mol. The lowest BCUT2D eigenvalue weighted by molar-refractivity contribution is 0.370. The van der Waals surface area contributed by atoms with Gasteiger partial charge >= 0.3 is 0 Å². The van der Waals surface area contributed by atoms with Crippen LogP contribution in [-0.2, 0) is 6.54 Å². The van der Waals surface area contributed by atoms with Crippen molar-refractivity contribution in [2.75, 3.05) is 38.1 Å². The van der Waals surface area contributed by atoms with Crippen molar-refractivity contribution in [3.63, 3.8) is 0 Å². The van der Waals surface area contributed by atoms with Gasteiger partial charge in [-0.2, -0.15) is 0 Å². The number of aliphatic imine (C=N–C) groups is 1. The van der Waals surface area contributed by atoms with Gasteiger partial charge in [-0.25, -0.2) is 9.97 Å². The van der Waals surface area contributed by atoms with Gasteiger partial charge in [0.05, 0.1) is 12.2 Å². The molecule has 2 aromatic rings. The molecular formula is C17H23N7. The Hall–Kier alpha value is -2.70. The van der Waals surface area contributed by atoms with Crippen LogP contribution in [0.15, 0.2) is 41.7 Å². The fraction of sp³-hybridized carbons (Fsp3) is 0.412. The first kappa shape index (κ1) is 16.2. The molecule has 1 N–H and O–H groups in total. The fourth-order valence-electron chi connectivity index (χ4n) is 2.77. The minimum Gasteiger partial charge on any atom is -0.351 e. The van der Waals surface area contributed by atoms with Crippen LogP contribution in [0.1, 0.15) is 11.4 Å². The zero-order chi connectivity index (χ0) is 16.8. The second-order valence-corrected chi connectivity index (χ2v) is 5.69. The summed E-state index contributed by atoms with van der Waals surface area (Å²) in [6, 6.07) is 7.90. The van der Waals surface area contributed by atoms with Gasteiger partial charge in [-0.15, -0.1) is 0 Å². The van der Waals surface area contributed by atoms with Gasteiger partial charge in [-0.3, -0.25) is 9.98 Å². The summed E-state index contributed by atoms with van der Waals surface area (Å²) < 4.78 is 0. The second kappa shape index (κ2) is 7.72. The van der Waals surface area contributed by atoms with E-state index in [1.165, 1.54) is 0 Å². The van der Waals surface area contributed by atoms with Crippen molar-refractivity contribution in [2.24, 2.45) is 4.99 Å². The van der Waals surface area contributed by atoms with E-state index in [0.29, 0.717) is 6.54 Å². The molecule has 0 unspecified atom stereocenters. The van der Waals surface area contributed by atoms with Crippen molar-refractivity contribution in [1.82, 2.24) is 25.2 Å². The van der Waals surface area contributed by atoms with Crippen LogP contribution < -0.4 is 10.2 Å². The van der Waals surface area contributed by atoms with Crippen molar-refractivity contribution in [1.29, 1.82) is 0 Å². The molecule has 24 heavy (non-hydrogen) atoms. The summed E-state index contributed by atoms with van der Waals surface area (Å²) in [7, 11) is 1.82. The lowest BCUT2D eigenvalue weighted by Crippen LogP contribution is -2.52. The first-order chi connectivity index (χ1) is 11.8. The molecule has 7 nitrogen and oxygen atoms in total. The predicted molar refractivity (Wildman–Crippen MR) is 95.0 cm³/mol. The summed E-state index contributed by atoms with van der Waals surface area (Å²) in [5, 5.41) is 3.40. The third-order valence-electron chi connectivity index (χ3n) is 4.00. The largest absolute Gasteiger partial charge is 0.351 e. The molecule has 2 aromatic heterocycles. The van der Waals surface area contributed by atoms with E-state index in [4.69, 9.17) is 0 Å². The van der Waals surface area contributed by atoms with Crippen LogP contribution >= 0.6 is 0 Å². The number of pyridine rings is 1. The lowest BCUT2D eigenvalue weighted by atomic mass is 10.3. The second-order valence-electron chi connectivity index (χ2n) is 5.69. The van der Waals surface area contributed by atoms with E-state index in [9.17, 15) is 0 Å². The summed E-state index contributed by atoms with van der Waals surface area (Å²) in [6.07, 6.45) is 3.56. The Morgan fingerprint density at radius 2 is 1.88 bits per heavy atom. The van der Waals surface area contributed by atoms with Crippen molar-refractivity contribution >= 4 is 11.9 Å². The molecule has 1 aliphatic heterocycles. The Kier molecular flexibility index (Phi) is 5.20. The van der Waals surface area contributed by atoms with Crippen LogP contribution in [0.5, 0.6) is 0 Å². The summed E-state index contributed by atoms with van der Waals surface area (Å²) in [6.45, 7) is 6.22. The number of nitrogens with zero attached hydrogens (tertiary/aromatic N) is 6. The summed E-state index contributed by atoms with van der Waals surface area (Å²) in [4.78, 5) is 22.0. The quantitative estimate of drug-likeness (QED) is 0.673. The van der Waals surface area contributed by atoms with E-state index >= 15 is 0 Å². The molecule has 1 saturated heterocycles. The number of guanidine groups is 1. The van der Waals surface area contributed by atoms with Gasteiger partial charge in [0.15, 0.2) is 5.96 Å². The van der Waals surface area contributed by atoms with Crippen molar-refractivity contribution in [2.45, 2.75) is 13.5 Å². The fourth-order valence-corrected chi connectivity index (χ4v) is 2.77. The Morgan fingerprint density at radius 3 is 2.54 bits per heavy atom. The minimum absolute atomic E-state index is 0.677. The number of hydrogen-bond donors (Lipinski definition) is 1. The lowest BCUT2D eigenvalue weighted by Gasteiger charge is -2.36. The van der Waals surface area contributed by atoms with Crippen LogP contribution in [0.25, 0.3) is 0 Å². The van der Waals surface area contributed by atoms with Gasteiger partial charge in [-0.1, -0.05) is 6.07 Å². The van der Waals surface area contributed by atoms with Gasteiger partial charge in [0, 0.05) is 51.3 Å². The van der Waals surface area contributed by atoms with Crippen LogP contribution in [0.3, 0.4) is 0 Å². The molecule has 0 radical (unpaired) electrons. The molecule has 126 valence electrons. The maximum Gasteiger partial charge on any atom is 0.225 e. The SMILES string of the molecule is CN=C(NCc1cccc(C)n1)N1CCN(c2ncccn2)CC1. The molecule has 0 aromatic carbocycles.